The highest BCUT2D eigenvalue weighted by molar-refractivity contribution is 5.91. The summed E-state index contributed by atoms with van der Waals surface area (Å²) in [4.78, 5) is 14.0. The third-order valence-corrected chi connectivity index (χ3v) is 3.26. The number of amides is 1. The Balaban J connectivity index is 1.87. The van der Waals surface area contributed by atoms with Gasteiger partial charge >= 0.3 is 0 Å². The fraction of sp³-hybridized carbons (Fsp3) is 0.235. The standard InChI is InChI=1S/C17H21N3O/c1-20(2)16-9-7-15(8-10-16)19-17(21)11-6-13-4-3-5-14(18)12-13/h3-5,7-10,12H,6,11,18H2,1-2H3,(H,19,21). The summed E-state index contributed by atoms with van der Waals surface area (Å²) >= 11 is 0. The van der Waals surface area contributed by atoms with Crippen molar-refractivity contribution in [3.63, 3.8) is 0 Å². The molecule has 4 nitrogen and oxygen atoms in total. The highest BCUT2D eigenvalue weighted by Crippen LogP contribution is 2.16. The molecule has 2 aromatic carbocycles. The molecule has 2 aromatic rings. The summed E-state index contributed by atoms with van der Waals surface area (Å²) < 4.78 is 0. The number of carbonyl (C=O) groups is 1. The Kier molecular flexibility index (Phi) is 4.82. The number of nitrogens with one attached hydrogen (secondary N) is 1. The van der Waals surface area contributed by atoms with Gasteiger partial charge in [0, 0.05) is 37.6 Å². The molecule has 2 rings (SSSR count). The number of nitrogens with two attached hydrogens (primary N) is 1. The van der Waals surface area contributed by atoms with Gasteiger partial charge in [0.25, 0.3) is 0 Å². The van der Waals surface area contributed by atoms with E-state index in [-0.39, 0.29) is 5.91 Å². The van der Waals surface area contributed by atoms with E-state index in [2.05, 4.69) is 5.32 Å². The predicted molar refractivity (Wildman–Crippen MR) is 88.6 cm³/mol. The molecule has 4 heteroatoms. The number of rotatable bonds is 5. The number of nitrogens with zero attached hydrogens (tertiary/aromatic N) is 1. The highest BCUT2D eigenvalue weighted by atomic mass is 16.1. The van der Waals surface area contributed by atoms with Crippen LogP contribution in [0.15, 0.2) is 48.5 Å². The molecule has 0 aliphatic carbocycles. The molecule has 0 spiro atoms. The van der Waals surface area contributed by atoms with Gasteiger partial charge in [0.2, 0.25) is 5.91 Å². The molecule has 0 atom stereocenters. The largest absolute Gasteiger partial charge is 0.399 e. The summed E-state index contributed by atoms with van der Waals surface area (Å²) in [5, 5.41) is 2.90. The van der Waals surface area contributed by atoms with Crippen LogP contribution in [-0.4, -0.2) is 20.0 Å². The molecule has 0 aliphatic heterocycles. The topological polar surface area (TPSA) is 58.4 Å². The van der Waals surface area contributed by atoms with E-state index >= 15 is 0 Å². The van der Waals surface area contributed by atoms with Gasteiger partial charge in [-0.1, -0.05) is 12.1 Å². The van der Waals surface area contributed by atoms with Gasteiger partial charge in [-0.15, -0.1) is 0 Å². The Bertz CT molecular complexity index is 606. The maximum Gasteiger partial charge on any atom is 0.224 e. The molecule has 0 saturated carbocycles. The van der Waals surface area contributed by atoms with Crippen molar-refractivity contribution in [3.05, 3.63) is 54.1 Å². The van der Waals surface area contributed by atoms with Crippen LogP contribution < -0.4 is 16.0 Å². The molecule has 0 unspecified atom stereocenters. The van der Waals surface area contributed by atoms with Crippen LogP contribution in [-0.2, 0) is 11.2 Å². The zero-order valence-corrected chi connectivity index (χ0v) is 12.5. The quantitative estimate of drug-likeness (QED) is 0.830. The maximum atomic E-state index is 11.9. The smallest absolute Gasteiger partial charge is 0.224 e. The summed E-state index contributed by atoms with van der Waals surface area (Å²) in [5.41, 5.74) is 9.45. The van der Waals surface area contributed by atoms with Crippen molar-refractivity contribution in [3.8, 4) is 0 Å². The van der Waals surface area contributed by atoms with Crippen molar-refractivity contribution in [2.75, 3.05) is 30.0 Å². The second kappa shape index (κ2) is 6.79. The fourth-order valence-corrected chi connectivity index (χ4v) is 2.07. The first-order chi connectivity index (χ1) is 10.0. The third-order valence-electron chi connectivity index (χ3n) is 3.26. The van der Waals surface area contributed by atoms with Crippen LogP contribution in [0.5, 0.6) is 0 Å². The Hall–Kier alpha value is -2.49. The molecule has 3 N–H and O–H groups in total. The van der Waals surface area contributed by atoms with Gasteiger partial charge in [-0.25, -0.2) is 0 Å². The van der Waals surface area contributed by atoms with E-state index in [1.165, 1.54) is 0 Å². The second-order valence-electron chi connectivity index (χ2n) is 5.23. The van der Waals surface area contributed by atoms with E-state index in [0.717, 1.165) is 22.6 Å². The molecule has 0 aromatic heterocycles. The SMILES string of the molecule is CN(C)c1ccc(NC(=O)CCc2cccc(N)c2)cc1. The number of hydrogen-bond donors (Lipinski definition) is 2. The average Bonchev–Trinajstić information content (AvgIpc) is 2.46. The Morgan fingerprint density at radius 3 is 2.48 bits per heavy atom. The van der Waals surface area contributed by atoms with Crippen molar-refractivity contribution in [1.82, 2.24) is 0 Å². The van der Waals surface area contributed by atoms with E-state index in [9.17, 15) is 4.79 Å². The number of anilines is 3. The van der Waals surface area contributed by atoms with Gasteiger partial charge < -0.3 is 16.0 Å². The maximum absolute atomic E-state index is 11.9. The molecule has 0 aliphatic rings. The van der Waals surface area contributed by atoms with Crippen molar-refractivity contribution in [1.29, 1.82) is 0 Å². The molecule has 0 heterocycles. The average molecular weight is 283 g/mol. The lowest BCUT2D eigenvalue weighted by molar-refractivity contribution is -0.116. The second-order valence-corrected chi connectivity index (χ2v) is 5.23. The van der Waals surface area contributed by atoms with E-state index in [0.29, 0.717) is 12.8 Å². The number of aryl methyl sites for hydroxylation is 1. The summed E-state index contributed by atoms with van der Waals surface area (Å²) in [6.45, 7) is 0. The van der Waals surface area contributed by atoms with Gasteiger partial charge in [0.1, 0.15) is 0 Å². The lowest BCUT2D eigenvalue weighted by Gasteiger charge is -2.13. The lowest BCUT2D eigenvalue weighted by Crippen LogP contribution is -2.13. The van der Waals surface area contributed by atoms with Crippen LogP contribution in [0.3, 0.4) is 0 Å². The van der Waals surface area contributed by atoms with Gasteiger partial charge in [-0.3, -0.25) is 4.79 Å². The summed E-state index contributed by atoms with van der Waals surface area (Å²) in [6.07, 6.45) is 1.13. The molecule has 21 heavy (non-hydrogen) atoms. The van der Waals surface area contributed by atoms with Gasteiger partial charge in [-0.2, -0.15) is 0 Å². The molecular weight excluding hydrogens is 262 g/mol. The molecule has 0 bridgehead atoms. The van der Waals surface area contributed by atoms with E-state index in [1.807, 2.05) is 67.5 Å². The Morgan fingerprint density at radius 2 is 1.86 bits per heavy atom. The van der Waals surface area contributed by atoms with Crippen molar-refractivity contribution < 1.29 is 4.79 Å². The number of hydrogen-bond acceptors (Lipinski definition) is 3. The predicted octanol–water partition coefficient (Wildman–Crippen LogP) is 2.91. The number of benzene rings is 2. The van der Waals surface area contributed by atoms with Crippen molar-refractivity contribution >= 4 is 23.0 Å². The van der Waals surface area contributed by atoms with Crippen molar-refractivity contribution in [2.24, 2.45) is 0 Å². The summed E-state index contributed by atoms with van der Waals surface area (Å²) in [5.74, 6) is 0.00928. The van der Waals surface area contributed by atoms with Crippen LogP contribution in [0.1, 0.15) is 12.0 Å². The first-order valence-electron chi connectivity index (χ1n) is 6.96. The lowest BCUT2D eigenvalue weighted by atomic mass is 10.1. The van der Waals surface area contributed by atoms with E-state index in [4.69, 9.17) is 5.73 Å². The van der Waals surface area contributed by atoms with Crippen LogP contribution in [0.4, 0.5) is 17.1 Å². The third kappa shape index (κ3) is 4.53. The first kappa shape index (κ1) is 14.9. The number of carbonyl (C=O) groups excluding carboxylic acids is 1. The van der Waals surface area contributed by atoms with E-state index < -0.39 is 0 Å². The molecule has 0 radical (unpaired) electrons. The summed E-state index contributed by atoms with van der Waals surface area (Å²) in [7, 11) is 3.97. The Morgan fingerprint density at radius 1 is 1.14 bits per heavy atom. The molecule has 0 fully saturated rings. The zero-order chi connectivity index (χ0) is 15.2. The van der Waals surface area contributed by atoms with Crippen LogP contribution in [0.2, 0.25) is 0 Å². The molecule has 0 saturated heterocycles. The minimum Gasteiger partial charge on any atom is -0.399 e. The fourth-order valence-electron chi connectivity index (χ4n) is 2.07. The molecular formula is C17H21N3O. The monoisotopic (exact) mass is 283 g/mol. The molecule has 1 amide bonds. The highest BCUT2D eigenvalue weighted by Gasteiger charge is 2.04. The van der Waals surface area contributed by atoms with E-state index in [1.54, 1.807) is 0 Å². The minimum absolute atomic E-state index is 0.00928. The van der Waals surface area contributed by atoms with Gasteiger partial charge in [0.05, 0.1) is 0 Å². The van der Waals surface area contributed by atoms with Crippen LogP contribution in [0, 0.1) is 0 Å². The summed E-state index contributed by atoms with van der Waals surface area (Å²) in [6, 6.07) is 15.4. The van der Waals surface area contributed by atoms with Gasteiger partial charge in [0.15, 0.2) is 0 Å². The minimum atomic E-state index is 0.00928. The van der Waals surface area contributed by atoms with Crippen LogP contribution >= 0.6 is 0 Å². The molecule has 110 valence electrons. The first-order valence-corrected chi connectivity index (χ1v) is 6.96. The number of nitrogen functional groups attached to an aromatic ring is 1. The van der Waals surface area contributed by atoms with Gasteiger partial charge in [-0.05, 0) is 48.4 Å². The zero-order valence-electron chi connectivity index (χ0n) is 12.5. The Labute approximate surface area is 125 Å². The van der Waals surface area contributed by atoms with Crippen molar-refractivity contribution in [2.45, 2.75) is 12.8 Å². The normalized spacial score (nSPS) is 10.2. The van der Waals surface area contributed by atoms with Crippen LogP contribution in [0.25, 0.3) is 0 Å².